The number of nitrogens with zero attached hydrogens (tertiary/aromatic N) is 2. The normalized spacial score (nSPS) is 25.4. The van der Waals surface area contributed by atoms with Crippen LogP contribution in [0.1, 0.15) is 26.3 Å². The fourth-order valence-corrected chi connectivity index (χ4v) is 3.62. The second-order valence-corrected chi connectivity index (χ2v) is 6.74. The lowest BCUT2D eigenvalue weighted by Crippen LogP contribution is -2.29. The molecule has 5 heteroatoms. The summed E-state index contributed by atoms with van der Waals surface area (Å²) in [7, 11) is 0. The molecule has 1 aliphatic heterocycles. The Labute approximate surface area is 103 Å². The van der Waals surface area contributed by atoms with E-state index < -0.39 is 0 Å². The fourth-order valence-electron chi connectivity index (χ4n) is 2.03. The van der Waals surface area contributed by atoms with Gasteiger partial charge in [0.1, 0.15) is 5.82 Å². The number of hydrogen-bond donors (Lipinski definition) is 1. The van der Waals surface area contributed by atoms with Crippen LogP contribution in [0.5, 0.6) is 0 Å². The number of aromatic nitrogens is 2. The van der Waals surface area contributed by atoms with Gasteiger partial charge in [0.2, 0.25) is 0 Å². The van der Waals surface area contributed by atoms with Crippen LogP contribution in [0.2, 0.25) is 0 Å². The van der Waals surface area contributed by atoms with Gasteiger partial charge in [-0.3, -0.25) is 0 Å². The van der Waals surface area contributed by atoms with E-state index in [2.05, 4.69) is 34.9 Å². The zero-order valence-corrected chi connectivity index (χ0v) is 11.4. The number of nitrogen functional groups attached to an aromatic ring is 1. The van der Waals surface area contributed by atoms with E-state index in [1.165, 1.54) is 5.75 Å². The SMILES string of the molecule is CC1(C)CSCC(n2ncc(Br)c2N)C1. The van der Waals surface area contributed by atoms with Crippen LogP contribution in [-0.4, -0.2) is 21.3 Å². The molecule has 1 aliphatic rings. The number of nitrogens with two attached hydrogens (primary N) is 1. The molecular formula is C10H16BrN3S. The van der Waals surface area contributed by atoms with E-state index >= 15 is 0 Å². The van der Waals surface area contributed by atoms with Crippen molar-refractivity contribution in [2.24, 2.45) is 5.41 Å². The first-order valence-electron chi connectivity index (χ1n) is 5.06. The average Bonchev–Trinajstić information content (AvgIpc) is 2.46. The molecule has 0 saturated carbocycles. The number of rotatable bonds is 1. The van der Waals surface area contributed by atoms with Crippen LogP contribution in [0.3, 0.4) is 0 Å². The molecule has 0 bridgehead atoms. The molecule has 1 saturated heterocycles. The molecule has 2 N–H and O–H groups in total. The van der Waals surface area contributed by atoms with Crippen molar-refractivity contribution in [3.8, 4) is 0 Å². The first-order valence-corrected chi connectivity index (χ1v) is 7.00. The summed E-state index contributed by atoms with van der Waals surface area (Å²) >= 11 is 5.39. The van der Waals surface area contributed by atoms with Crippen LogP contribution >= 0.6 is 27.7 Å². The minimum Gasteiger partial charge on any atom is -0.383 e. The predicted molar refractivity (Wildman–Crippen MR) is 69.1 cm³/mol. The van der Waals surface area contributed by atoms with E-state index in [1.807, 2.05) is 16.4 Å². The Balaban J connectivity index is 2.21. The monoisotopic (exact) mass is 289 g/mol. The van der Waals surface area contributed by atoms with Gasteiger partial charge in [0, 0.05) is 5.75 Å². The van der Waals surface area contributed by atoms with Gasteiger partial charge in [-0.25, -0.2) is 4.68 Å². The Bertz CT molecular complexity index is 362. The van der Waals surface area contributed by atoms with Crippen molar-refractivity contribution in [3.05, 3.63) is 10.7 Å². The number of thioether (sulfide) groups is 1. The standard InChI is InChI=1S/C10H16BrN3S/c1-10(2)3-7(5-15-6-10)14-9(12)8(11)4-13-14/h4,7H,3,5-6,12H2,1-2H3. The maximum absolute atomic E-state index is 5.97. The molecule has 3 nitrogen and oxygen atoms in total. The molecular weight excluding hydrogens is 274 g/mol. The molecule has 1 aromatic rings. The van der Waals surface area contributed by atoms with Crippen LogP contribution < -0.4 is 5.73 Å². The van der Waals surface area contributed by atoms with Gasteiger partial charge >= 0.3 is 0 Å². The van der Waals surface area contributed by atoms with Crippen LogP contribution in [-0.2, 0) is 0 Å². The smallest absolute Gasteiger partial charge is 0.136 e. The zero-order chi connectivity index (χ0) is 11.1. The van der Waals surface area contributed by atoms with Gasteiger partial charge in [-0.1, -0.05) is 13.8 Å². The van der Waals surface area contributed by atoms with Gasteiger partial charge in [0.25, 0.3) is 0 Å². The summed E-state index contributed by atoms with van der Waals surface area (Å²) in [6.45, 7) is 4.61. The summed E-state index contributed by atoms with van der Waals surface area (Å²) in [5.74, 6) is 3.09. The molecule has 0 radical (unpaired) electrons. The van der Waals surface area contributed by atoms with Gasteiger partial charge in [-0.15, -0.1) is 0 Å². The highest BCUT2D eigenvalue weighted by molar-refractivity contribution is 9.10. The van der Waals surface area contributed by atoms with Gasteiger partial charge in [0.15, 0.2) is 0 Å². The van der Waals surface area contributed by atoms with Crippen LogP contribution in [0, 0.1) is 5.41 Å². The van der Waals surface area contributed by atoms with Gasteiger partial charge in [-0.05, 0) is 33.5 Å². The highest BCUT2D eigenvalue weighted by Gasteiger charge is 2.30. The van der Waals surface area contributed by atoms with E-state index in [0.717, 1.165) is 22.5 Å². The topological polar surface area (TPSA) is 43.8 Å². The quantitative estimate of drug-likeness (QED) is 0.865. The molecule has 1 aromatic heterocycles. The van der Waals surface area contributed by atoms with E-state index in [-0.39, 0.29) is 0 Å². The van der Waals surface area contributed by atoms with E-state index in [9.17, 15) is 0 Å². The minimum absolute atomic E-state index is 0.387. The van der Waals surface area contributed by atoms with Crippen molar-refractivity contribution in [3.63, 3.8) is 0 Å². The molecule has 2 heterocycles. The molecule has 2 rings (SSSR count). The molecule has 1 fully saturated rings. The molecule has 15 heavy (non-hydrogen) atoms. The van der Waals surface area contributed by atoms with E-state index in [4.69, 9.17) is 5.73 Å². The molecule has 0 aliphatic carbocycles. The Hall–Kier alpha value is -0.160. The summed E-state index contributed by atoms with van der Waals surface area (Å²) in [6.07, 6.45) is 2.93. The lowest BCUT2D eigenvalue weighted by molar-refractivity contribution is 0.293. The number of anilines is 1. The summed E-state index contributed by atoms with van der Waals surface area (Å²) in [5.41, 5.74) is 6.35. The van der Waals surface area contributed by atoms with Crippen molar-refractivity contribution >= 4 is 33.5 Å². The summed E-state index contributed by atoms with van der Waals surface area (Å²) in [4.78, 5) is 0. The maximum atomic E-state index is 5.97. The van der Waals surface area contributed by atoms with Crippen molar-refractivity contribution in [2.45, 2.75) is 26.3 Å². The minimum atomic E-state index is 0.387. The second kappa shape index (κ2) is 4.01. The Morgan fingerprint density at radius 2 is 2.40 bits per heavy atom. The van der Waals surface area contributed by atoms with E-state index in [1.54, 1.807) is 6.20 Å². The van der Waals surface area contributed by atoms with Gasteiger partial charge < -0.3 is 5.73 Å². The van der Waals surface area contributed by atoms with Crippen molar-refractivity contribution in [1.82, 2.24) is 9.78 Å². The summed E-state index contributed by atoms with van der Waals surface area (Å²) < 4.78 is 2.86. The molecule has 0 aromatic carbocycles. The van der Waals surface area contributed by atoms with Crippen molar-refractivity contribution < 1.29 is 0 Å². The highest BCUT2D eigenvalue weighted by atomic mass is 79.9. The number of hydrogen-bond acceptors (Lipinski definition) is 3. The predicted octanol–water partition coefficient (Wildman–Crippen LogP) is 2.93. The van der Waals surface area contributed by atoms with Crippen LogP contribution in [0.4, 0.5) is 5.82 Å². The largest absolute Gasteiger partial charge is 0.383 e. The van der Waals surface area contributed by atoms with Crippen LogP contribution in [0.15, 0.2) is 10.7 Å². The Morgan fingerprint density at radius 1 is 1.67 bits per heavy atom. The lowest BCUT2D eigenvalue weighted by atomic mass is 9.88. The molecule has 84 valence electrons. The molecule has 0 spiro atoms. The third-order valence-electron chi connectivity index (χ3n) is 2.72. The second-order valence-electron chi connectivity index (χ2n) is 4.86. The third kappa shape index (κ3) is 2.33. The van der Waals surface area contributed by atoms with Crippen molar-refractivity contribution in [2.75, 3.05) is 17.2 Å². The summed E-state index contributed by atoms with van der Waals surface area (Å²) in [6, 6.07) is 0.435. The Morgan fingerprint density at radius 3 is 2.93 bits per heavy atom. The molecule has 1 unspecified atom stereocenters. The first-order chi connectivity index (χ1) is 6.99. The lowest BCUT2D eigenvalue weighted by Gasteiger charge is -2.35. The highest BCUT2D eigenvalue weighted by Crippen LogP contribution is 2.40. The fraction of sp³-hybridized carbons (Fsp3) is 0.700. The zero-order valence-electron chi connectivity index (χ0n) is 9.03. The number of halogens is 1. The van der Waals surface area contributed by atoms with Crippen LogP contribution in [0.25, 0.3) is 0 Å². The third-order valence-corrected chi connectivity index (χ3v) is 4.94. The Kier molecular flexibility index (Phi) is 3.03. The first kappa shape index (κ1) is 11.3. The van der Waals surface area contributed by atoms with Gasteiger partial charge in [0.05, 0.1) is 16.7 Å². The summed E-state index contributed by atoms with van der Waals surface area (Å²) in [5, 5.41) is 4.34. The van der Waals surface area contributed by atoms with E-state index in [0.29, 0.717) is 11.5 Å². The van der Waals surface area contributed by atoms with Crippen molar-refractivity contribution in [1.29, 1.82) is 0 Å². The molecule has 1 atom stereocenters. The average molecular weight is 290 g/mol. The maximum Gasteiger partial charge on any atom is 0.136 e. The van der Waals surface area contributed by atoms with Gasteiger partial charge in [-0.2, -0.15) is 16.9 Å². The molecule has 0 amide bonds.